The SMILES string of the molecule is CCOC(=O)Cn1c(=NC(=O)c2ccnn2CC)sc2cc(SC)ccc21. The number of amides is 1. The fraction of sp³-hybridized carbons (Fsp3) is 0.333. The lowest BCUT2D eigenvalue weighted by molar-refractivity contribution is -0.143. The number of carbonyl (C=O) groups is 2. The van der Waals surface area contributed by atoms with Gasteiger partial charge in [-0.1, -0.05) is 11.3 Å². The van der Waals surface area contributed by atoms with E-state index in [0.717, 1.165) is 15.1 Å². The lowest BCUT2D eigenvalue weighted by Gasteiger charge is -2.05. The van der Waals surface area contributed by atoms with Crippen LogP contribution in [0, 0.1) is 0 Å². The second kappa shape index (κ2) is 8.53. The summed E-state index contributed by atoms with van der Waals surface area (Å²) in [6.45, 7) is 4.56. The second-order valence-corrected chi connectivity index (χ2v) is 7.45. The molecular weight excluding hydrogens is 384 g/mol. The van der Waals surface area contributed by atoms with Gasteiger partial charge in [0.05, 0.1) is 16.8 Å². The van der Waals surface area contributed by atoms with Crippen molar-refractivity contribution in [2.45, 2.75) is 31.8 Å². The number of ether oxygens (including phenoxy) is 1. The fourth-order valence-corrected chi connectivity index (χ4v) is 4.25. The number of fused-ring (bicyclic) bond motifs is 1. The number of rotatable bonds is 6. The Hall–Kier alpha value is -2.39. The Morgan fingerprint density at radius 2 is 2.11 bits per heavy atom. The van der Waals surface area contributed by atoms with E-state index >= 15 is 0 Å². The Morgan fingerprint density at radius 3 is 2.81 bits per heavy atom. The minimum absolute atomic E-state index is 0.00556. The lowest BCUT2D eigenvalue weighted by Crippen LogP contribution is -2.23. The van der Waals surface area contributed by atoms with Crippen molar-refractivity contribution in [2.24, 2.45) is 4.99 Å². The number of hydrogen-bond donors (Lipinski definition) is 0. The fourth-order valence-electron chi connectivity index (χ4n) is 2.66. The molecule has 7 nitrogen and oxygen atoms in total. The van der Waals surface area contributed by atoms with Crippen molar-refractivity contribution in [2.75, 3.05) is 12.9 Å². The maximum absolute atomic E-state index is 12.7. The van der Waals surface area contributed by atoms with Gasteiger partial charge >= 0.3 is 5.97 Å². The van der Waals surface area contributed by atoms with E-state index in [1.54, 1.807) is 40.2 Å². The van der Waals surface area contributed by atoms with E-state index in [-0.39, 0.29) is 18.4 Å². The Kier molecular flexibility index (Phi) is 6.12. The number of carbonyl (C=O) groups excluding carboxylic acids is 2. The average Bonchev–Trinajstić information content (AvgIpc) is 3.26. The van der Waals surface area contributed by atoms with E-state index in [2.05, 4.69) is 10.1 Å². The van der Waals surface area contributed by atoms with Gasteiger partial charge in [-0.3, -0.25) is 14.3 Å². The van der Waals surface area contributed by atoms with E-state index in [9.17, 15) is 9.59 Å². The number of aryl methyl sites for hydroxylation is 1. The molecule has 1 amide bonds. The largest absolute Gasteiger partial charge is 0.465 e. The van der Waals surface area contributed by atoms with Gasteiger partial charge in [0, 0.05) is 17.6 Å². The van der Waals surface area contributed by atoms with Crippen LogP contribution < -0.4 is 4.80 Å². The van der Waals surface area contributed by atoms with E-state index in [1.807, 2.05) is 31.4 Å². The van der Waals surface area contributed by atoms with Crippen LogP contribution in [0.3, 0.4) is 0 Å². The number of benzene rings is 1. The summed E-state index contributed by atoms with van der Waals surface area (Å²) in [5.41, 5.74) is 1.27. The summed E-state index contributed by atoms with van der Waals surface area (Å²) < 4.78 is 9.36. The zero-order chi connectivity index (χ0) is 19.4. The molecular formula is C18H20N4O3S2. The quantitative estimate of drug-likeness (QED) is 0.466. The molecule has 0 unspecified atom stereocenters. The highest BCUT2D eigenvalue weighted by molar-refractivity contribution is 7.98. The zero-order valence-electron chi connectivity index (χ0n) is 15.3. The Balaban J connectivity index is 2.12. The van der Waals surface area contributed by atoms with E-state index < -0.39 is 0 Å². The highest BCUT2D eigenvalue weighted by atomic mass is 32.2. The highest BCUT2D eigenvalue weighted by Crippen LogP contribution is 2.24. The van der Waals surface area contributed by atoms with E-state index in [4.69, 9.17) is 4.74 Å². The summed E-state index contributed by atoms with van der Waals surface area (Å²) in [5, 5.41) is 4.11. The first kappa shape index (κ1) is 19.4. The molecule has 0 bridgehead atoms. The molecule has 1 aromatic carbocycles. The van der Waals surface area contributed by atoms with Crippen molar-refractivity contribution in [1.29, 1.82) is 0 Å². The molecule has 2 heterocycles. The Labute approximate surface area is 164 Å². The van der Waals surface area contributed by atoms with Gasteiger partial charge in [-0.25, -0.2) is 0 Å². The van der Waals surface area contributed by atoms with Crippen molar-refractivity contribution < 1.29 is 14.3 Å². The van der Waals surface area contributed by atoms with Gasteiger partial charge in [0.15, 0.2) is 4.80 Å². The number of aromatic nitrogens is 3. The van der Waals surface area contributed by atoms with Crippen LogP contribution in [-0.2, 0) is 22.6 Å². The molecule has 3 rings (SSSR count). The third kappa shape index (κ3) is 4.14. The summed E-state index contributed by atoms with van der Waals surface area (Å²) in [7, 11) is 0. The highest BCUT2D eigenvalue weighted by Gasteiger charge is 2.15. The average molecular weight is 405 g/mol. The van der Waals surface area contributed by atoms with Crippen LogP contribution in [0.25, 0.3) is 10.2 Å². The molecule has 0 aliphatic heterocycles. The number of thioether (sulfide) groups is 1. The molecule has 0 saturated carbocycles. The van der Waals surface area contributed by atoms with Gasteiger partial charge in [0.1, 0.15) is 12.2 Å². The van der Waals surface area contributed by atoms with Gasteiger partial charge in [0.25, 0.3) is 5.91 Å². The Bertz CT molecular complexity index is 1050. The molecule has 2 aromatic heterocycles. The van der Waals surface area contributed by atoms with Crippen LogP contribution in [0.5, 0.6) is 0 Å². The number of esters is 1. The summed E-state index contributed by atoms with van der Waals surface area (Å²) in [4.78, 5) is 30.6. The molecule has 0 saturated heterocycles. The first-order chi connectivity index (χ1) is 13.1. The molecule has 0 atom stereocenters. The lowest BCUT2D eigenvalue weighted by atomic mass is 10.3. The molecule has 0 N–H and O–H groups in total. The Morgan fingerprint density at radius 1 is 1.30 bits per heavy atom. The van der Waals surface area contributed by atoms with Gasteiger partial charge in [-0.15, -0.1) is 11.8 Å². The molecule has 0 aliphatic rings. The number of thiazole rings is 1. The minimum atomic E-state index is -0.386. The predicted molar refractivity (Wildman–Crippen MR) is 106 cm³/mol. The first-order valence-electron chi connectivity index (χ1n) is 8.51. The number of nitrogens with zero attached hydrogens (tertiary/aromatic N) is 4. The molecule has 0 radical (unpaired) electrons. The van der Waals surface area contributed by atoms with Crippen molar-refractivity contribution in [1.82, 2.24) is 14.3 Å². The topological polar surface area (TPSA) is 78.5 Å². The molecule has 0 aliphatic carbocycles. The standard InChI is InChI=1S/C18H20N4O3S2/c1-4-22-14(8-9-19-22)17(24)20-18-21(11-16(23)25-5-2)13-7-6-12(26-3)10-15(13)27-18/h6-10H,4-5,11H2,1-3H3. The van der Waals surface area contributed by atoms with Crippen LogP contribution >= 0.6 is 23.1 Å². The summed E-state index contributed by atoms with van der Waals surface area (Å²) in [5.74, 6) is -0.748. The van der Waals surface area contributed by atoms with Crippen LogP contribution in [0.4, 0.5) is 0 Å². The first-order valence-corrected chi connectivity index (χ1v) is 10.5. The third-order valence-corrected chi connectivity index (χ3v) is 5.68. The monoisotopic (exact) mass is 404 g/mol. The molecule has 142 valence electrons. The molecule has 27 heavy (non-hydrogen) atoms. The van der Waals surface area contributed by atoms with Crippen molar-refractivity contribution in [3.05, 3.63) is 41.0 Å². The van der Waals surface area contributed by atoms with E-state index in [1.165, 1.54) is 11.3 Å². The minimum Gasteiger partial charge on any atom is -0.465 e. The smallest absolute Gasteiger partial charge is 0.326 e. The zero-order valence-corrected chi connectivity index (χ0v) is 17.0. The van der Waals surface area contributed by atoms with Crippen LogP contribution in [-0.4, -0.2) is 39.1 Å². The van der Waals surface area contributed by atoms with Gasteiger partial charge in [-0.2, -0.15) is 10.1 Å². The molecule has 3 aromatic rings. The maximum atomic E-state index is 12.7. The molecule has 0 spiro atoms. The predicted octanol–water partition coefficient (Wildman–Crippen LogP) is 2.95. The number of hydrogen-bond acceptors (Lipinski definition) is 6. The summed E-state index contributed by atoms with van der Waals surface area (Å²) in [6, 6.07) is 7.60. The van der Waals surface area contributed by atoms with Crippen molar-refractivity contribution in [3.63, 3.8) is 0 Å². The molecule has 0 fully saturated rings. The van der Waals surface area contributed by atoms with E-state index in [0.29, 0.717) is 23.6 Å². The van der Waals surface area contributed by atoms with Crippen LogP contribution in [0.15, 0.2) is 40.4 Å². The summed E-state index contributed by atoms with van der Waals surface area (Å²) in [6.07, 6.45) is 3.58. The molecule has 9 heteroatoms. The maximum Gasteiger partial charge on any atom is 0.326 e. The van der Waals surface area contributed by atoms with Gasteiger partial charge in [0.2, 0.25) is 0 Å². The third-order valence-electron chi connectivity index (χ3n) is 3.91. The van der Waals surface area contributed by atoms with Gasteiger partial charge < -0.3 is 9.30 Å². The van der Waals surface area contributed by atoms with Crippen molar-refractivity contribution >= 4 is 45.2 Å². The van der Waals surface area contributed by atoms with Crippen LogP contribution in [0.2, 0.25) is 0 Å². The van der Waals surface area contributed by atoms with Gasteiger partial charge in [-0.05, 0) is 44.4 Å². The second-order valence-electron chi connectivity index (χ2n) is 5.56. The normalized spacial score (nSPS) is 11.9. The van der Waals surface area contributed by atoms with Crippen molar-refractivity contribution in [3.8, 4) is 0 Å². The van der Waals surface area contributed by atoms with Crippen LogP contribution in [0.1, 0.15) is 24.3 Å². The summed E-state index contributed by atoms with van der Waals surface area (Å²) >= 11 is 3.01.